The Bertz CT molecular complexity index is 1110. The molecule has 1 fully saturated rings. The zero-order valence-electron chi connectivity index (χ0n) is 20.8. The highest BCUT2D eigenvalue weighted by molar-refractivity contribution is 8.00. The van der Waals surface area contributed by atoms with Crippen molar-refractivity contribution in [2.24, 2.45) is 0 Å². The molecule has 2 heterocycles. The number of ether oxygens (including phenoxy) is 1. The molecular weight excluding hydrogens is 511 g/mol. The lowest BCUT2D eigenvalue weighted by molar-refractivity contribution is -0.136. The second-order valence-electron chi connectivity index (χ2n) is 9.54. The molecule has 0 spiro atoms. The molecule has 0 saturated carbocycles. The first-order valence-electron chi connectivity index (χ1n) is 11.7. The molecule has 1 saturated heterocycles. The number of hydrogen-bond acceptors (Lipinski definition) is 6. The standard InChI is InChI=1S/C24H30F3N5O4S/c1-24(2,3)36-23(35)31-16(8-14-9-18(26)19(27)11-17(14)25)10-20(33)32-6-7-37-22(32)21(34)29-5-4-15-12-28-13-30-15/h9,11-13,16,22H,4-8,10H2,1-3H3,(H,28,30)(H,29,34)(H,31,35). The number of amides is 3. The molecule has 3 rings (SSSR count). The number of rotatable bonds is 9. The van der Waals surface area contributed by atoms with E-state index in [9.17, 15) is 27.6 Å². The highest BCUT2D eigenvalue weighted by Crippen LogP contribution is 2.26. The maximum Gasteiger partial charge on any atom is 0.407 e. The van der Waals surface area contributed by atoms with Crippen molar-refractivity contribution in [1.82, 2.24) is 25.5 Å². The minimum atomic E-state index is -1.34. The maximum atomic E-state index is 14.3. The van der Waals surface area contributed by atoms with E-state index in [-0.39, 0.29) is 24.3 Å². The number of aromatic amines is 1. The Kier molecular flexibility index (Phi) is 9.46. The number of thioether (sulfide) groups is 1. The number of carbonyl (C=O) groups is 3. The molecule has 3 N–H and O–H groups in total. The average molecular weight is 542 g/mol. The van der Waals surface area contributed by atoms with Gasteiger partial charge >= 0.3 is 6.09 Å². The summed E-state index contributed by atoms with van der Waals surface area (Å²) in [6.45, 7) is 5.61. The Morgan fingerprint density at radius 1 is 1.22 bits per heavy atom. The molecule has 1 aromatic heterocycles. The molecule has 2 atom stereocenters. The summed E-state index contributed by atoms with van der Waals surface area (Å²) in [6.07, 6.45) is 2.28. The number of benzene rings is 1. The van der Waals surface area contributed by atoms with Gasteiger partial charge in [0.05, 0.1) is 6.33 Å². The Morgan fingerprint density at radius 2 is 1.95 bits per heavy atom. The summed E-state index contributed by atoms with van der Waals surface area (Å²) in [6, 6.07) is 0.106. The first-order chi connectivity index (χ1) is 17.4. The fourth-order valence-electron chi connectivity index (χ4n) is 3.73. The molecule has 13 heteroatoms. The smallest absolute Gasteiger partial charge is 0.407 e. The van der Waals surface area contributed by atoms with Crippen LogP contribution in [0.5, 0.6) is 0 Å². The molecule has 0 aliphatic carbocycles. The topological polar surface area (TPSA) is 116 Å². The summed E-state index contributed by atoms with van der Waals surface area (Å²) in [5.74, 6) is -3.85. The largest absolute Gasteiger partial charge is 0.444 e. The van der Waals surface area contributed by atoms with Gasteiger partial charge < -0.3 is 25.3 Å². The number of nitrogens with zero attached hydrogens (tertiary/aromatic N) is 2. The van der Waals surface area contributed by atoms with E-state index in [1.165, 1.54) is 23.0 Å². The SMILES string of the molecule is CC(C)(C)OC(=O)NC(CC(=O)N1CCSC1C(=O)NCCc1cnc[nH]1)Cc1cc(F)c(F)cc1F. The number of H-pyrrole nitrogens is 1. The van der Waals surface area contributed by atoms with Gasteiger partial charge in [0, 0.05) is 55.7 Å². The number of aromatic nitrogens is 2. The lowest BCUT2D eigenvalue weighted by atomic mass is 10.0. The summed E-state index contributed by atoms with van der Waals surface area (Å²) in [7, 11) is 0. The van der Waals surface area contributed by atoms with Crippen LogP contribution in [-0.2, 0) is 27.2 Å². The minimum Gasteiger partial charge on any atom is -0.444 e. The fraction of sp³-hybridized carbons (Fsp3) is 0.500. The molecule has 0 radical (unpaired) electrons. The average Bonchev–Trinajstić information content (AvgIpc) is 3.48. The van der Waals surface area contributed by atoms with Crippen LogP contribution in [0.1, 0.15) is 38.4 Å². The summed E-state index contributed by atoms with van der Waals surface area (Å²) < 4.78 is 46.7. The monoisotopic (exact) mass is 541 g/mol. The zero-order chi connectivity index (χ0) is 27.2. The van der Waals surface area contributed by atoms with E-state index in [4.69, 9.17) is 4.74 Å². The molecule has 3 amide bonds. The van der Waals surface area contributed by atoms with Gasteiger partial charge in [-0.25, -0.2) is 22.9 Å². The molecule has 2 aromatic rings. The van der Waals surface area contributed by atoms with Crippen LogP contribution < -0.4 is 10.6 Å². The van der Waals surface area contributed by atoms with Crippen LogP contribution in [0.15, 0.2) is 24.7 Å². The van der Waals surface area contributed by atoms with E-state index in [0.29, 0.717) is 37.4 Å². The molecular formula is C24H30F3N5O4S. The fourth-order valence-corrected chi connectivity index (χ4v) is 4.90. The van der Waals surface area contributed by atoms with Crippen molar-refractivity contribution in [2.45, 2.75) is 57.1 Å². The second-order valence-corrected chi connectivity index (χ2v) is 10.7. The van der Waals surface area contributed by atoms with E-state index in [1.807, 2.05) is 0 Å². The number of hydrogen-bond donors (Lipinski definition) is 3. The lowest BCUT2D eigenvalue weighted by Crippen LogP contribution is -2.48. The third-order valence-corrected chi connectivity index (χ3v) is 6.58. The van der Waals surface area contributed by atoms with Crippen molar-refractivity contribution in [3.63, 3.8) is 0 Å². The third kappa shape index (κ3) is 8.41. The number of imidazole rings is 1. The molecule has 1 aromatic carbocycles. The molecule has 0 bridgehead atoms. The first-order valence-corrected chi connectivity index (χ1v) is 12.8. The Hall–Kier alpha value is -3.22. The predicted octanol–water partition coefficient (Wildman–Crippen LogP) is 2.91. The van der Waals surface area contributed by atoms with Crippen molar-refractivity contribution >= 4 is 29.7 Å². The van der Waals surface area contributed by atoms with Crippen molar-refractivity contribution in [3.8, 4) is 0 Å². The van der Waals surface area contributed by atoms with Crippen molar-refractivity contribution < 1.29 is 32.3 Å². The highest BCUT2D eigenvalue weighted by atomic mass is 32.2. The Morgan fingerprint density at radius 3 is 2.62 bits per heavy atom. The molecule has 9 nitrogen and oxygen atoms in total. The summed E-state index contributed by atoms with van der Waals surface area (Å²) in [5.41, 5.74) is -0.193. The van der Waals surface area contributed by atoms with Crippen molar-refractivity contribution in [2.75, 3.05) is 18.8 Å². The first kappa shape index (κ1) is 28.4. The van der Waals surface area contributed by atoms with Crippen molar-refractivity contribution in [1.29, 1.82) is 0 Å². The second kappa shape index (κ2) is 12.3. The van der Waals surface area contributed by atoms with Gasteiger partial charge in [-0.15, -0.1) is 11.8 Å². The van der Waals surface area contributed by atoms with Crippen LogP contribution in [0.3, 0.4) is 0 Å². The number of alkyl carbamates (subject to hydrolysis) is 1. The van der Waals surface area contributed by atoms with Gasteiger partial charge in [-0.1, -0.05) is 0 Å². The van der Waals surface area contributed by atoms with Gasteiger partial charge in [0.15, 0.2) is 17.0 Å². The molecule has 1 aliphatic heterocycles. The van der Waals surface area contributed by atoms with E-state index in [1.54, 1.807) is 27.0 Å². The van der Waals surface area contributed by atoms with Crippen LogP contribution in [0.2, 0.25) is 0 Å². The molecule has 37 heavy (non-hydrogen) atoms. The minimum absolute atomic E-state index is 0.211. The van der Waals surface area contributed by atoms with Crippen LogP contribution >= 0.6 is 11.8 Å². The van der Waals surface area contributed by atoms with E-state index in [0.717, 1.165) is 5.69 Å². The van der Waals surface area contributed by atoms with Gasteiger partial charge in [0.2, 0.25) is 5.91 Å². The quantitative estimate of drug-likeness (QED) is 0.421. The summed E-state index contributed by atoms with van der Waals surface area (Å²) in [5, 5.41) is 4.56. The maximum absolute atomic E-state index is 14.3. The summed E-state index contributed by atoms with van der Waals surface area (Å²) in [4.78, 5) is 46.6. The highest BCUT2D eigenvalue weighted by Gasteiger charge is 2.36. The van der Waals surface area contributed by atoms with E-state index in [2.05, 4.69) is 20.6 Å². The van der Waals surface area contributed by atoms with Gasteiger partial charge in [-0.3, -0.25) is 9.59 Å². The predicted molar refractivity (Wildman–Crippen MR) is 131 cm³/mol. The molecule has 2 unspecified atom stereocenters. The van der Waals surface area contributed by atoms with Crippen molar-refractivity contribution in [3.05, 3.63) is 53.4 Å². The zero-order valence-corrected chi connectivity index (χ0v) is 21.6. The number of nitrogens with one attached hydrogen (secondary N) is 3. The number of halogens is 3. The van der Waals surface area contributed by atoms with Crippen LogP contribution in [0.4, 0.5) is 18.0 Å². The van der Waals surface area contributed by atoms with Crippen LogP contribution in [0.25, 0.3) is 0 Å². The third-order valence-electron chi connectivity index (χ3n) is 5.38. The lowest BCUT2D eigenvalue weighted by Gasteiger charge is -2.27. The van der Waals surface area contributed by atoms with Gasteiger partial charge in [0.25, 0.3) is 5.91 Å². The Balaban J connectivity index is 1.68. The molecule has 1 aliphatic rings. The van der Waals surface area contributed by atoms with Crippen LogP contribution in [0, 0.1) is 17.5 Å². The van der Waals surface area contributed by atoms with E-state index < -0.39 is 46.5 Å². The Labute approximate surface area is 216 Å². The molecule has 202 valence electrons. The normalized spacial score (nSPS) is 16.4. The van der Waals surface area contributed by atoms with E-state index >= 15 is 0 Å². The van der Waals surface area contributed by atoms with Gasteiger partial charge in [-0.05, 0) is 38.8 Å². The van der Waals surface area contributed by atoms with Crippen LogP contribution in [-0.4, -0.2) is 68.6 Å². The van der Waals surface area contributed by atoms with Gasteiger partial charge in [0.1, 0.15) is 11.4 Å². The number of carbonyl (C=O) groups excluding carboxylic acids is 3. The van der Waals surface area contributed by atoms with Gasteiger partial charge in [-0.2, -0.15) is 0 Å². The summed E-state index contributed by atoms with van der Waals surface area (Å²) >= 11 is 1.30.